The molecule has 25 heavy (non-hydrogen) atoms. The number of hydrogen-bond acceptors (Lipinski definition) is 4. The van der Waals surface area contributed by atoms with Crippen molar-refractivity contribution in [1.82, 2.24) is 4.90 Å². The molecule has 0 spiro atoms. The minimum atomic E-state index is -4.85. The third-order valence-corrected chi connectivity index (χ3v) is 4.28. The Kier molecular flexibility index (Phi) is 6.90. The van der Waals surface area contributed by atoms with Gasteiger partial charge in [0, 0.05) is 30.8 Å². The number of methoxy groups -OCH3 is 1. The van der Waals surface area contributed by atoms with Crippen molar-refractivity contribution >= 4 is 5.69 Å². The van der Waals surface area contributed by atoms with E-state index in [4.69, 9.17) is 4.74 Å². The number of hydrogen-bond donors (Lipinski definition) is 1. The van der Waals surface area contributed by atoms with Gasteiger partial charge in [-0.15, -0.1) is 6.58 Å². The highest BCUT2D eigenvalue weighted by Gasteiger charge is 2.55. The summed E-state index contributed by atoms with van der Waals surface area (Å²) >= 11 is 0. The van der Waals surface area contributed by atoms with Gasteiger partial charge >= 0.3 is 6.18 Å². The number of anilines is 1. The maximum atomic E-state index is 13.5. The summed E-state index contributed by atoms with van der Waals surface area (Å²) in [7, 11) is 5.10. The summed E-state index contributed by atoms with van der Waals surface area (Å²) in [5.41, 5.74) is -1.98. The minimum absolute atomic E-state index is 0.00623. The molecular weight excluding hydrogens is 333 g/mol. The zero-order chi connectivity index (χ0) is 19.4. The first-order valence-electron chi connectivity index (χ1n) is 8.00. The van der Waals surface area contributed by atoms with Crippen LogP contribution >= 0.6 is 0 Å². The minimum Gasteiger partial charge on any atom is -0.496 e. The van der Waals surface area contributed by atoms with E-state index >= 15 is 0 Å². The van der Waals surface area contributed by atoms with E-state index in [9.17, 15) is 18.3 Å². The summed E-state index contributed by atoms with van der Waals surface area (Å²) in [6.45, 7) is 8.51. The molecule has 0 aromatic heterocycles. The van der Waals surface area contributed by atoms with E-state index in [2.05, 4.69) is 11.5 Å². The second-order valence-corrected chi connectivity index (χ2v) is 6.20. The number of rotatable bonds is 8. The second kappa shape index (κ2) is 8.10. The van der Waals surface area contributed by atoms with Crippen LogP contribution in [0, 0.1) is 6.92 Å². The number of ether oxygens (including phenoxy) is 1. The molecule has 0 saturated carbocycles. The number of halogens is 3. The standard InChI is InChI=1S/C18H27F3N2O2/c1-7-9-17(24,18(19,20)21)14-10-13(3)15(11-16(14)25-6)23(5)12-22(4)8-2/h7,10-11,24H,1,8-9,12H2,2-6H3. The summed E-state index contributed by atoms with van der Waals surface area (Å²) < 4.78 is 45.8. The van der Waals surface area contributed by atoms with Gasteiger partial charge in [-0.25, -0.2) is 0 Å². The topological polar surface area (TPSA) is 35.9 Å². The Morgan fingerprint density at radius 2 is 1.88 bits per heavy atom. The molecule has 0 heterocycles. The zero-order valence-corrected chi connectivity index (χ0v) is 15.4. The van der Waals surface area contributed by atoms with Crippen molar-refractivity contribution in [3.63, 3.8) is 0 Å². The highest BCUT2D eigenvalue weighted by Crippen LogP contribution is 2.46. The highest BCUT2D eigenvalue weighted by atomic mass is 19.4. The number of aryl methyl sites for hydroxylation is 1. The van der Waals surface area contributed by atoms with Gasteiger partial charge in [0.05, 0.1) is 13.8 Å². The Bertz CT molecular complexity index is 605. The third kappa shape index (κ3) is 4.46. The molecule has 0 amide bonds. The smallest absolute Gasteiger partial charge is 0.421 e. The van der Waals surface area contributed by atoms with Crippen LogP contribution in [-0.2, 0) is 5.60 Å². The van der Waals surface area contributed by atoms with Crippen molar-refractivity contribution in [1.29, 1.82) is 0 Å². The lowest BCUT2D eigenvalue weighted by molar-refractivity contribution is -0.265. The normalized spacial score (nSPS) is 14.3. The summed E-state index contributed by atoms with van der Waals surface area (Å²) in [6, 6.07) is 2.88. The van der Waals surface area contributed by atoms with Crippen molar-refractivity contribution in [2.75, 3.05) is 39.3 Å². The molecule has 4 nitrogen and oxygen atoms in total. The molecule has 0 aliphatic heterocycles. The van der Waals surface area contributed by atoms with E-state index in [0.29, 0.717) is 12.2 Å². The Hall–Kier alpha value is -1.73. The molecule has 1 aromatic rings. The molecule has 0 aliphatic rings. The SMILES string of the molecule is C=CCC(O)(c1cc(C)c(N(C)CN(C)CC)cc1OC)C(F)(F)F. The highest BCUT2D eigenvalue weighted by molar-refractivity contribution is 5.60. The van der Waals surface area contributed by atoms with Gasteiger partial charge < -0.3 is 14.7 Å². The van der Waals surface area contributed by atoms with Gasteiger partial charge in [-0.3, -0.25) is 4.90 Å². The monoisotopic (exact) mass is 360 g/mol. The molecule has 0 bridgehead atoms. The molecule has 1 atom stereocenters. The first-order valence-corrected chi connectivity index (χ1v) is 8.00. The van der Waals surface area contributed by atoms with Crippen molar-refractivity contribution in [2.24, 2.45) is 0 Å². The summed E-state index contributed by atoms with van der Waals surface area (Å²) in [6.07, 6.45) is -4.45. The van der Waals surface area contributed by atoms with E-state index < -0.39 is 18.2 Å². The number of benzene rings is 1. The van der Waals surface area contributed by atoms with Crippen molar-refractivity contribution in [3.05, 3.63) is 35.9 Å². The van der Waals surface area contributed by atoms with E-state index in [1.165, 1.54) is 19.2 Å². The first kappa shape index (κ1) is 21.3. The Morgan fingerprint density at radius 1 is 1.28 bits per heavy atom. The quantitative estimate of drug-likeness (QED) is 0.567. The Morgan fingerprint density at radius 3 is 2.32 bits per heavy atom. The van der Waals surface area contributed by atoms with Crippen LogP contribution in [0.4, 0.5) is 18.9 Å². The molecule has 1 unspecified atom stereocenters. The summed E-state index contributed by atoms with van der Waals surface area (Å²) in [4.78, 5) is 3.98. The molecule has 0 radical (unpaired) electrons. The predicted molar refractivity (Wildman–Crippen MR) is 94.1 cm³/mol. The average molecular weight is 360 g/mol. The lowest BCUT2D eigenvalue weighted by Crippen LogP contribution is -2.42. The zero-order valence-electron chi connectivity index (χ0n) is 15.4. The van der Waals surface area contributed by atoms with E-state index in [-0.39, 0.29) is 11.3 Å². The fraction of sp³-hybridized carbons (Fsp3) is 0.556. The molecule has 1 aromatic carbocycles. The van der Waals surface area contributed by atoms with E-state index in [1.54, 1.807) is 6.92 Å². The fourth-order valence-corrected chi connectivity index (χ4v) is 2.71. The van der Waals surface area contributed by atoms with E-state index in [0.717, 1.165) is 18.3 Å². The van der Waals surface area contributed by atoms with Gasteiger partial charge in [-0.2, -0.15) is 13.2 Å². The molecule has 0 aliphatic carbocycles. The lowest BCUT2D eigenvalue weighted by atomic mass is 9.87. The van der Waals surface area contributed by atoms with Crippen molar-refractivity contribution in [3.8, 4) is 5.75 Å². The molecule has 0 fully saturated rings. The van der Waals surface area contributed by atoms with Gasteiger partial charge in [0.2, 0.25) is 0 Å². The second-order valence-electron chi connectivity index (χ2n) is 6.20. The maximum absolute atomic E-state index is 13.5. The number of alkyl halides is 3. The third-order valence-electron chi connectivity index (χ3n) is 4.28. The number of nitrogens with zero attached hydrogens (tertiary/aromatic N) is 2. The first-order chi connectivity index (χ1) is 11.5. The summed E-state index contributed by atoms with van der Waals surface area (Å²) in [5, 5.41) is 10.4. The largest absolute Gasteiger partial charge is 0.496 e. The van der Waals surface area contributed by atoms with Crippen LogP contribution in [0.5, 0.6) is 5.75 Å². The Labute approximate surface area is 147 Å². The van der Waals surface area contributed by atoms with Crippen LogP contribution in [-0.4, -0.2) is 50.6 Å². The molecule has 0 saturated heterocycles. The van der Waals surface area contributed by atoms with Crippen LogP contribution in [0.2, 0.25) is 0 Å². The molecule has 1 N–H and O–H groups in total. The van der Waals surface area contributed by atoms with Gasteiger partial charge in [0.15, 0.2) is 5.60 Å². The molecule has 1 rings (SSSR count). The molecule has 7 heteroatoms. The van der Waals surface area contributed by atoms with Crippen LogP contribution in [0.1, 0.15) is 24.5 Å². The van der Waals surface area contributed by atoms with E-state index in [1.807, 2.05) is 25.9 Å². The van der Waals surface area contributed by atoms with Crippen LogP contribution in [0.25, 0.3) is 0 Å². The van der Waals surface area contributed by atoms with Crippen molar-refractivity contribution < 1.29 is 23.0 Å². The van der Waals surface area contributed by atoms with Gasteiger partial charge in [0.1, 0.15) is 5.75 Å². The van der Waals surface area contributed by atoms with Crippen molar-refractivity contribution in [2.45, 2.75) is 32.0 Å². The van der Waals surface area contributed by atoms with Crippen LogP contribution in [0.15, 0.2) is 24.8 Å². The lowest BCUT2D eigenvalue weighted by Gasteiger charge is -2.33. The maximum Gasteiger partial charge on any atom is 0.421 e. The fourth-order valence-electron chi connectivity index (χ4n) is 2.71. The van der Waals surface area contributed by atoms with Crippen LogP contribution < -0.4 is 9.64 Å². The molecular formula is C18H27F3N2O2. The summed E-state index contributed by atoms with van der Waals surface area (Å²) in [5.74, 6) is -0.00623. The number of aliphatic hydroxyl groups is 1. The Balaban J connectivity index is 3.45. The molecule has 142 valence electrons. The van der Waals surface area contributed by atoms with Crippen LogP contribution in [0.3, 0.4) is 0 Å². The van der Waals surface area contributed by atoms with Gasteiger partial charge in [-0.1, -0.05) is 13.0 Å². The predicted octanol–water partition coefficient (Wildman–Crippen LogP) is 3.68. The average Bonchev–Trinajstić information content (AvgIpc) is 2.53. The van der Waals surface area contributed by atoms with Gasteiger partial charge in [0.25, 0.3) is 0 Å². The van der Waals surface area contributed by atoms with Gasteiger partial charge in [-0.05, 0) is 32.1 Å².